The van der Waals surface area contributed by atoms with E-state index in [1.54, 1.807) is 6.08 Å². The summed E-state index contributed by atoms with van der Waals surface area (Å²) in [7, 11) is -3.06. The van der Waals surface area contributed by atoms with Crippen LogP contribution in [0.5, 0.6) is 5.88 Å². The SMILES string of the molecule is O=S1(=O)C=CC(NCC(O)COc2cnsn2)C1. The van der Waals surface area contributed by atoms with Crippen LogP contribution in [0.1, 0.15) is 0 Å². The molecule has 18 heavy (non-hydrogen) atoms. The molecule has 100 valence electrons. The summed E-state index contributed by atoms with van der Waals surface area (Å²) >= 11 is 1.03. The number of rotatable bonds is 6. The first kappa shape index (κ1) is 13.4. The predicted molar refractivity (Wildman–Crippen MR) is 66.1 cm³/mol. The van der Waals surface area contributed by atoms with Gasteiger partial charge in [-0.3, -0.25) is 0 Å². The van der Waals surface area contributed by atoms with Gasteiger partial charge in [0.2, 0.25) is 5.88 Å². The molecular formula is C9H13N3O4S2. The maximum absolute atomic E-state index is 11.1. The van der Waals surface area contributed by atoms with Crippen molar-refractivity contribution in [3.8, 4) is 5.88 Å². The fraction of sp³-hybridized carbons (Fsp3) is 0.556. The monoisotopic (exact) mass is 291 g/mol. The topological polar surface area (TPSA) is 101 Å². The minimum absolute atomic E-state index is 0.0383. The highest BCUT2D eigenvalue weighted by atomic mass is 32.2. The summed E-state index contributed by atoms with van der Waals surface area (Å²) < 4.78 is 35.0. The molecule has 2 unspecified atom stereocenters. The molecule has 0 aliphatic carbocycles. The zero-order valence-electron chi connectivity index (χ0n) is 9.39. The van der Waals surface area contributed by atoms with Gasteiger partial charge >= 0.3 is 0 Å². The Hall–Kier alpha value is -1.03. The molecule has 2 rings (SSSR count). The lowest BCUT2D eigenvalue weighted by molar-refractivity contribution is 0.103. The maximum atomic E-state index is 11.1. The van der Waals surface area contributed by atoms with E-state index in [1.165, 1.54) is 11.6 Å². The van der Waals surface area contributed by atoms with Crippen molar-refractivity contribution in [2.75, 3.05) is 18.9 Å². The van der Waals surface area contributed by atoms with Crippen molar-refractivity contribution < 1.29 is 18.3 Å². The molecule has 0 spiro atoms. The highest BCUT2D eigenvalue weighted by Gasteiger charge is 2.21. The molecule has 0 fully saturated rings. The van der Waals surface area contributed by atoms with E-state index in [4.69, 9.17) is 4.74 Å². The summed E-state index contributed by atoms with van der Waals surface area (Å²) in [5, 5.41) is 13.8. The molecule has 1 aromatic heterocycles. The summed E-state index contributed by atoms with van der Waals surface area (Å²) in [6, 6.07) is -0.245. The molecule has 0 aromatic carbocycles. The van der Waals surface area contributed by atoms with Gasteiger partial charge in [0, 0.05) is 18.0 Å². The van der Waals surface area contributed by atoms with Gasteiger partial charge in [-0.05, 0) is 0 Å². The lowest BCUT2D eigenvalue weighted by Crippen LogP contribution is -2.38. The summed E-state index contributed by atoms with van der Waals surface area (Å²) in [6.07, 6.45) is 2.31. The van der Waals surface area contributed by atoms with Crippen LogP contribution in [0.15, 0.2) is 17.7 Å². The standard InChI is InChI=1S/C9H13N3O4S2/c13-8(5-16-9-4-11-17-12-9)3-10-7-1-2-18(14,15)6-7/h1-2,4,7-8,10,13H,3,5-6H2. The van der Waals surface area contributed by atoms with Crippen molar-refractivity contribution in [3.63, 3.8) is 0 Å². The van der Waals surface area contributed by atoms with Crippen LogP contribution in [-0.4, -0.2) is 53.3 Å². The third-order valence-electron chi connectivity index (χ3n) is 2.31. The highest BCUT2D eigenvalue weighted by Crippen LogP contribution is 2.08. The van der Waals surface area contributed by atoms with Crippen molar-refractivity contribution in [2.45, 2.75) is 12.1 Å². The molecule has 9 heteroatoms. The van der Waals surface area contributed by atoms with Crippen molar-refractivity contribution in [1.29, 1.82) is 0 Å². The van der Waals surface area contributed by atoms with Crippen molar-refractivity contribution in [2.24, 2.45) is 0 Å². The number of aromatic nitrogens is 2. The number of ether oxygens (including phenoxy) is 1. The average Bonchev–Trinajstić information content (AvgIpc) is 2.93. The van der Waals surface area contributed by atoms with Crippen LogP contribution in [0, 0.1) is 0 Å². The Balaban J connectivity index is 1.66. The fourth-order valence-corrected chi connectivity index (χ4v) is 3.08. The summed E-state index contributed by atoms with van der Waals surface area (Å²) in [6.45, 7) is 0.337. The van der Waals surface area contributed by atoms with Gasteiger partial charge in [-0.1, -0.05) is 6.08 Å². The van der Waals surface area contributed by atoms with Gasteiger partial charge in [-0.15, -0.1) is 4.37 Å². The second-order valence-corrected chi connectivity index (χ2v) is 6.37. The van der Waals surface area contributed by atoms with Crippen LogP contribution in [0.2, 0.25) is 0 Å². The molecule has 2 N–H and O–H groups in total. The van der Waals surface area contributed by atoms with Gasteiger partial charge in [0.25, 0.3) is 0 Å². The molecule has 1 aromatic rings. The molecule has 0 saturated heterocycles. The molecule has 1 aliphatic rings. The van der Waals surface area contributed by atoms with Gasteiger partial charge < -0.3 is 15.2 Å². The second-order valence-electron chi connectivity index (χ2n) is 3.88. The number of aliphatic hydroxyl groups excluding tert-OH is 1. The van der Waals surface area contributed by atoms with Gasteiger partial charge in [0.15, 0.2) is 9.84 Å². The van der Waals surface area contributed by atoms with Crippen LogP contribution in [0.4, 0.5) is 0 Å². The average molecular weight is 291 g/mol. The Kier molecular flexibility index (Phi) is 4.27. The third-order valence-corrected chi connectivity index (χ3v) is 4.17. The van der Waals surface area contributed by atoms with E-state index in [2.05, 4.69) is 14.1 Å². The number of hydrogen-bond acceptors (Lipinski definition) is 8. The first-order chi connectivity index (χ1) is 8.55. The Labute approximate surface area is 109 Å². The first-order valence-corrected chi connectivity index (χ1v) is 7.72. The van der Waals surface area contributed by atoms with Crippen molar-refractivity contribution >= 4 is 21.6 Å². The highest BCUT2D eigenvalue weighted by molar-refractivity contribution is 7.94. The number of hydrogen-bond donors (Lipinski definition) is 2. The number of aliphatic hydroxyl groups is 1. The number of sulfone groups is 1. The van der Waals surface area contributed by atoms with E-state index in [0.29, 0.717) is 5.88 Å². The van der Waals surface area contributed by atoms with Crippen LogP contribution < -0.4 is 10.1 Å². The summed E-state index contributed by atoms with van der Waals surface area (Å²) in [5.74, 6) is 0.415. The maximum Gasteiger partial charge on any atom is 0.245 e. The van der Waals surface area contributed by atoms with E-state index in [1.807, 2.05) is 0 Å². The summed E-state index contributed by atoms with van der Waals surface area (Å²) in [5.41, 5.74) is 0. The Morgan fingerprint density at radius 1 is 1.67 bits per heavy atom. The minimum Gasteiger partial charge on any atom is -0.473 e. The number of nitrogens with one attached hydrogen (secondary N) is 1. The molecule has 0 saturated carbocycles. The quantitative estimate of drug-likeness (QED) is 0.706. The molecule has 2 atom stereocenters. The van der Waals surface area contributed by atoms with E-state index in [0.717, 1.165) is 11.7 Å². The lowest BCUT2D eigenvalue weighted by Gasteiger charge is -2.14. The molecule has 7 nitrogen and oxygen atoms in total. The van der Waals surface area contributed by atoms with Gasteiger partial charge in [0.1, 0.15) is 18.9 Å². The van der Waals surface area contributed by atoms with Crippen LogP contribution in [0.25, 0.3) is 0 Å². The van der Waals surface area contributed by atoms with Gasteiger partial charge in [-0.2, -0.15) is 4.37 Å². The smallest absolute Gasteiger partial charge is 0.245 e. The molecular weight excluding hydrogens is 278 g/mol. The zero-order chi connectivity index (χ0) is 13.0. The normalized spacial score (nSPS) is 23.1. The van der Waals surface area contributed by atoms with Gasteiger partial charge in [-0.25, -0.2) is 8.42 Å². The van der Waals surface area contributed by atoms with E-state index >= 15 is 0 Å². The predicted octanol–water partition coefficient (Wildman–Crippen LogP) is -0.822. The molecule has 0 radical (unpaired) electrons. The largest absolute Gasteiger partial charge is 0.473 e. The number of nitrogens with zero attached hydrogens (tertiary/aromatic N) is 2. The Bertz CT molecular complexity index is 500. The van der Waals surface area contributed by atoms with Crippen LogP contribution in [-0.2, 0) is 9.84 Å². The second kappa shape index (κ2) is 5.74. The minimum atomic E-state index is -3.06. The Morgan fingerprint density at radius 2 is 2.50 bits per heavy atom. The Morgan fingerprint density at radius 3 is 3.11 bits per heavy atom. The van der Waals surface area contributed by atoms with E-state index < -0.39 is 15.9 Å². The lowest BCUT2D eigenvalue weighted by atomic mass is 10.3. The van der Waals surface area contributed by atoms with Crippen molar-refractivity contribution in [1.82, 2.24) is 14.1 Å². The first-order valence-electron chi connectivity index (χ1n) is 5.28. The zero-order valence-corrected chi connectivity index (χ0v) is 11.0. The molecule has 0 bridgehead atoms. The van der Waals surface area contributed by atoms with E-state index in [9.17, 15) is 13.5 Å². The molecule has 1 aliphatic heterocycles. The van der Waals surface area contributed by atoms with Crippen LogP contribution >= 0.6 is 11.7 Å². The van der Waals surface area contributed by atoms with Crippen LogP contribution in [0.3, 0.4) is 0 Å². The molecule has 2 heterocycles. The third kappa shape index (κ3) is 4.02. The van der Waals surface area contributed by atoms with E-state index in [-0.39, 0.29) is 24.9 Å². The summed E-state index contributed by atoms with van der Waals surface area (Å²) in [4.78, 5) is 0. The fourth-order valence-electron chi connectivity index (χ4n) is 1.45. The van der Waals surface area contributed by atoms with Crippen molar-refractivity contribution in [3.05, 3.63) is 17.7 Å². The van der Waals surface area contributed by atoms with Gasteiger partial charge in [0.05, 0.1) is 17.5 Å². The molecule has 0 amide bonds.